The summed E-state index contributed by atoms with van der Waals surface area (Å²) in [6, 6.07) is 27.4. The van der Waals surface area contributed by atoms with E-state index >= 15 is 0 Å². The molecule has 0 saturated heterocycles. The molecule has 4 heterocycles. The topological polar surface area (TPSA) is 308 Å². The average Bonchev–Trinajstić information content (AvgIpc) is 0.918. The van der Waals surface area contributed by atoms with Crippen molar-refractivity contribution in [3.05, 3.63) is 195 Å². The summed E-state index contributed by atoms with van der Waals surface area (Å²) in [7, 11) is 0. The van der Waals surface area contributed by atoms with Crippen molar-refractivity contribution >= 4 is 136 Å². The standard InChI is InChI=1S/C21H21ClN2O3.C13H10ClF3N2O3.C11H5ClF3NO3.C11H11ClN2O2.C3H8.CH2O2/c1-14(13-15-5-3-2-4-6-15)20(26)23-19-16-9-10-24(11-12-25)21(27)17(16)7-8-18(19)22;14-9-2-1-8-7(3-4-19(5-6-20)11(8)21)10(9)18-12(22)13(15,16)17;12-7-2-1-6-5(3-4-19-9(6)17)8(7)16-10(18)11(13,14)15;12-9-2-1-8-7(10(9)13)3-4-14(5-6-15)11(8)16;1-3-2;2-1-3/h2-10,14,25H,11-13H2,1H3,(H,23,26);1-4,20H,5-6H2,(H,18,22);1-4H,(H,16,18);1-4,15H,5-6,13H2;3H2,1-2H3;1H,(H,2,3). The monoisotopic (exact) mass is 1340 g/mol. The largest absolute Gasteiger partial charge is 0.483 e. The Balaban J connectivity index is 0.000000252. The van der Waals surface area contributed by atoms with Crippen LogP contribution in [0.4, 0.5) is 49.1 Å². The number of anilines is 4. The molecule has 90 heavy (non-hydrogen) atoms. The van der Waals surface area contributed by atoms with E-state index in [0.29, 0.717) is 49.4 Å². The van der Waals surface area contributed by atoms with E-state index in [1.165, 1.54) is 62.7 Å². The fourth-order valence-electron chi connectivity index (χ4n) is 8.12. The van der Waals surface area contributed by atoms with E-state index in [9.17, 15) is 59.9 Å². The van der Waals surface area contributed by atoms with Crippen molar-refractivity contribution in [2.45, 2.75) is 65.6 Å². The van der Waals surface area contributed by atoms with Crippen LogP contribution in [0.5, 0.6) is 0 Å². The van der Waals surface area contributed by atoms with Gasteiger partial charge >= 0.3 is 29.8 Å². The van der Waals surface area contributed by atoms with Crippen molar-refractivity contribution in [2.75, 3.05) is 41.5 Å². The number of nitrogens with two attached hydrogens (primary N) is 1. The van der Waals surface area contributed by atoms with Gasteiger partial charge in [-0.1, -0.05) is 104 Å². The summed E-state index contributed by atoms with van der Waals surface area (Å²) >= 11 is 23.7. The second kappa shape index (κ2) is 34.3. The van der Waals surface area contributed by atoms with Crippen molar-refractivity contribution < 1.29 is 70.4 Å². The van der Waals surface area contributed by atoms with E-state index in [0.717, 1.165) is 11.8 Å². The summed E-state index contributed by atoms with van der Waals surface area (Å²) in [5.41, 5.74) is 5.49. The number of rotatable bonds is 12. The minimum Gasteiger partial charge on any atom is -0.483 e. The molecule has 0 aliphatic heterocycles. The molecule has 5 aromatic carbocycles. The number of nitrogens with one attached hydrogen (secondary N) is 3. The lowest BCUT2D eigenvalue weighted by atomic mass is 10.00. The van der Waals surface area contributed by atoms with Crippen LogP contribution < -0.4 is 44.0 Å². The molecule has 9 aromatic rings. The van der Waals surface area contributed by atoms with Crippen LogP contribution in [0.25, 0.3) is 43.1 Å². The fraction of sp³-hybridized carbons (Fsp3) is 0.233. The molecule has 0 aliphatic carbocycles. The maximum absolute atomic E-state index is 12.7. The third-order valence-electron chi connectivity index (χ3n) is 12.3. The third kappa shape index (κ3) is 19.6. The number of halogens is 10. The van der Waals surface area contributed by atoms with Gasteiger partial charge in [-0.15, -0.1) is 0 Å². The van der Waals surface area contributed by atoms with Gasteiger partial charge < -0.3 is 60.2 Å². The number of benzene rings is 5. The molecule has 0 spiro atoms. The van der Waals surface area contributed by atoms with Crippen LogP contribution in [-0.2, 0) is 45.2 Å². The number of nitrogen functional groups attached to an aromatic ring is 1. The van der Waals surface area contributed by atoms with Gasteiger partial charge in [0.1, 0.15) is 0 Å². The zero-order valence-electron chi connectivity index (χ0n) is 47.6. The number of aromatic nitrogens is 3. The van der Waals surface area contributed by atoms with Crippen LogP contribution >= 0.6 is 46.4 Å². The van der Waals surface area contributed by atoms with Gasteiger partial charge in [-0.3, -0.25) is 33.6 Å². The van der Waals surface area contributed by atoms with Crippen LogP contribution in [-0.4, -0.2) is 90.5 Å². The number of hydrogen-bond donors (Lipinski definition) is 8. The number of nitrogens with zero attached hydrogens (tertiary/aromatic N) is 3. The number of alkyl halides is 6. The molecule has 0 radical (unpaired) electrons. The Bertz CT molecular complexity index is 4240. The number of carbonyl (C=O) groups excluding carboxylic acids is 3. The lowest BCUT2D eigenvalue weighted by molar-refractivity contribution is -0.167. The number of pyridine rings is 3. The van der Waals surface area contributed by atoms with Gasteiger partial charge in [0.2, 0.25) is 5.91 Å². The molecule has 0 aliphatic rings. The molecule has 480 valence electrons. The fourth-order valence-corrected chi connectivity index (χ4v) is 8.92. The van der Waals surface area contributed by atoms with Crippen LogP contribution in [0.3, 0.4) is 0 Å². The quantitative estimate of drug-likeness (QED) is 0.0321. The minimum absolute atomic E-state index is 0.0179. The summed E-state index contributed by atoms with van der Waals surface area (Å²) < 4.78 is 82.4. The van der Waals surface area contributed by atoms with Gasteiger partial charge in [-0.25, -0.2) is 4.79 Å². The number of carbonyl (C=O) groups is 4. The van der Waals surface area contributed by atoms with Crippen LogP contribution in [0.15, 0.2) is 152 Å². The lowest BCUT2D eigenvalue weighted by Gasteiger charge is -2.15. The van der Waals surface area contributed by atoms with Crippen molar-refractivity contribution in [3.63, 3.8) is 0 Å². The Morgan fingerprint density at radius 1 is 0.544 bits per heavy atom. The average molecular weight is 1340 g/mol. The molecule has 0 fully saturated rings. The summed E-state index contributed by atoms with van der Waals surface area (Å²) in [5, 5.41) is 42.9. The Hall–Kier alpha value is -8.76. The lowest BCUT2D eigenvalue weighted by Crippen LogP contribution is -2.30. The zero-order chi connectivity index (χ0) is 67.2. The van der Waals surface area contributed by atoms with Crippen molar-refractivity contribution in [1.29, 1.82) is 0 Å². The maximum Gasteiger partial charge on any atom is 0.471 e. The summed E-state index contributed by atoms with van der Waals surface area (Å²) in [6.07, 6.45) is -2.75. The van der Waals surface area contributed by atoms with E-state index in [4.69, 9.17) is 77.4 Å². The first-order chi connectivity index (χ1) is 42.5. The smallest absolute Gasteiger partial charge is 0.471 e. The molecule has 9 rings (SSSR count). The second-order valence-corrected chi connectivity index (χ2v) is 20.3. The van der Waals surface area contributed by atoms with Gasteiger partial charge in [0.25, 0.3) is 23.2 Å². The van der Waals surface area contributed by atoms with E-state index in [-0.39, 0.29) is 112 Å². The van der Waals surface area contributed by atoms with E-state index in [1.807, 2.05) is 37.3 Å². The molecule has 1 unspecified atom stereocenters. The predicted molar refractivity (Wildman–Crippen MR) is 335 cm³/mol. The van der Waals surface area contributed by atoms with Gasteiger partial charge in [0.05, 0.1) is 74.3 Å². The molecular weight excluding hydrogens is 1280 g/mol. The molecule has 4 aromatic heterocycles. The number of fused-ring (bicyclic) bond motifs is 4. The highest BCUT2D eigenvalue weighted by atomic mass is 35.5. The molecule has 0 saturated carbocycles. The Morgan fingerprint density at radius 2 is 0.889 bits per heavy atom. The number of aliphatic hydroxyl groups excluding tert-OH is 3. The Kier molecular flexibility index (Phi) is 28.1. The van der Waals surface area contributed by atoms with Crippen molar-refractivity contribution in [2.24, 2.45) is 5.92 Å². The van der Waals surface area contributed by atoms with E-state index in [1.54, 1.807) is 59.4 Å². The summed E-state index contributed by atoms with van der Waals surface area (Å²) in [4.78, 5) is 91.0. The van der Waals surface area contributed by atoms with Crippen LogP contribution in [0.2, 0.25) is 20.1 Å². The SMILES string of the molecule is CC(Cc1ccccc1)C(=O)Nc1c(Cl)ccc2c(=O)n(CCO)ccc12.CCC.Nc1c(Cl)ccc2c(=O)n(CCO)ccc12.O=C(Nc1c(Cl)ccc2c(=O)n(CCO)ccc12)C(F)(F)F.O=C(Nc1c(Cl)ccc2c(=O)occc12)C(F)(F)F.O=CO. The van der Waals surface area contributed by atoms with Crippen LogP contribution in [0, 0.1) is 5.92 Å². The molecule has 9 N–H and O–H groups in total. The highest BCUT2D eigenvalue weighted by molar-refractivity contribution is 6.37. The van der Waals surface area contributed by atoms with E-state index in [2.05, 4.69) is 23.6 Å². The normalized spacial score (nSPS) is 11.2. The van der Waals surface area contributed by atoms with Crippen LogP contribution in [0.1, 0.15) is 32.8 Å². The molecule has 20 nitrogen and oxygen atoms in total. The number of carboxylic acid groups (broad SMARTS) is 1. The first-order valence-electron chi connectivity index (χ1n) is 26.5. The Morgan fingerprint density at radius 3 is 1.28 bits per heavy atom. The molecule has 0 bridgehead atoms. The Labute approximate surface area is 526 Å². The number of hydrogen-bond acceptors (Lipinski definition) is 13. The predicted octanol–water partition coefficient (Wildman–Crippen LogP) is 10.9. The maximum atomic E-state index is 12.7. The molecule has 30 heteroatoms. The van der Waals surface area contributed by atoms with Crippen molar-refractivity contribution in [3.8, 4) is 0 Å². The van der Waals surface area contributed by atoms with Gasteiger partial charge in [-0.05, 0) is 84.8 Å². The summed E-state index contributed by atoms with van der Waals surface area (Å²) in [5.74, 6) is -4.77. The minimum atomic E-state index is -5.07. The second-order valence-electron chi connectivity index (χ2n) is 18.7. The first-order valence-corrected chi connectivity index (χ1v) is 28.0. The first kappa shape index (κ1) is 73.7. The van der Waals surface area contributed by atoms with Gasteiger partial charge in [0, 0.05) is 81.8 Å². The molecule has 1 atom stereocenters. The third-order valence-corrected chi connectivity index (χ3v) is 13.6. The van der Waals surface area contributed by atoms with Gasteiger partial charge in [0.15, 0.2) is 0 Å². The molecule has 3 amide bonds. The zero-order valence-corrected chi connectivity index (χ0v) is 50.6. The summed E-state index contributed by atoms with van der Waals surface area (Å²) in [6.45, 7) is 5.92. The van der Waals surface area contributed by atoms with E-state index < -0.39 is 35.4 Å². The van der Waals surface area contributed by atoms with Gasteiger partial charge in [-0.2, -0.15) is 26.3 Å². The van der Waals surface area contributed by atoms with Crippen molar-refractivity contribution in [1.82, 2.24) is 13.7 Å². The number of aliphatic hydroxyl groups is 3. The molecular formula is C60H57Cl4F6N7O13. The number of amides is 3. The highest BCUT2D eigenvalue weighted by Gasteiger charge is 2.40. The highest BCUT2D eigenvalue weighted by Crippen LogP contribution is 2.34.